The first-order valence-corrected chi connectivity index (χ1v) is 3.99. The molecule has 1 aromatic heterocycles. The Morgan fingerprint density at radius 3 is 2.91 bits per heavy atom. The maximum absolute atomic E-state index is 11.0. The molecule has 0 radical (unpaired) electrons. The van der Waals surface area contributed by atoms with Crippen LogP contribution < -0.4 is 5.32 Å². The molecule has 0 spiro atoms. The third-order valence-corrected chi connectivity index (χ3v) is 1.86. The summed E-state index contributed by atoms with van der Waals surface area (Å²) in [6.45, 7) is 0.427. The van der Waals surface area contributed by atoms with Crippen LogP contribution in [0.15, 0.2) is 16.8 Å². The Balaban J connectivity index is 0.000001000. The van der Waals surface area contributed by atoms with Gasteiger partial charge in [-0.1, -0.05) is 0 Å². The maximum atomic E-state index is 11.0. The lowest BCUT2D eigenvalue weighted by Gasteiger charge is -1.93. The second kappa shape index (κ2) is 5.29. The van der Waals surface area contributed by atoms with Gasteiger partial charge in [0.15, 0.2) is 5.78 Å². The zero-order valence-electron chi connectivity index (χ0n) is 6.16. The van der Waals surface area contributed by atoms with Crippen LogP contribution >= 0.6 is 23.7 Å². The molecule has 0 fully saturated rings. The molecule has 62 valence electrons. The average molecular weight is 192 g/mol. The van der Waals surface area contributed by atoms with Crippen LogP contribution in [0.2, 0.25) is 0 Å². The van der Waals surface area contributed by atoms with Crippen molar-refractivity contribution in [3.8, 4) is 0 Å². The fraction of sp³-hybridized carbons (Fsp3) is 0.286. The lowest BCUT2D eigenvalue weighted by atomic mass is 10.2. The number of carbonyl (C=O) groups is 1. The minimum absolute atomic E-state index is 0. The molecule has 0 amide bonds. The molecule has 1 N–H and O–H groups in total. The van der Waals surface area contributed by atoms with Gasteiger partial charge in [-0.05, 0) is 18.5 Å². The number of ketones is 1. The molecule has 0 aliphatic rings. The first-order chi connectivity index (χ1) is 4.84. The van der Waals surface area contributed by atoms with Crippen LogP contribution in [0.3, 0.4) is 0 Å². The Morgan fingerprint density at radius 1 is 1.73 bits per heavy atom. The molecule has 0 saturated carbocycles. The highest BCUT2D eigenvalue weighted by Crippen LogP contribution is 2.05. The number of halogens is 1. The van der Waals surface area contributed by atoms with Crippen molar-refractivity contribution in [2.24, 2.45) is 0 Å². The van der Waals surface area contributed by atoms with Crippen LogP contribution in [0.5, 0.6) is 0 Å². The van der Waals surface area contributed by atoms with Gasteiger partial charge in [0.05, 0.1) is 6.54 Å². The minimum Gasteiger partial charge on any atom is -0.313 e. The van der Waals surface area contributed by atoms with Gasteiger partial charge in [0.25, 0.3) is 0 Å². The van der Waals surface area contributed by atoms with Gasteiger partial charge in [-0.25, -0.2) is 0 Å². The summed E-state index contributed by atoms with van der Waals surface area (Å²) in [5.41, 5.74) is 0.805. The zero-order valence-corrected chi connectivity index (χ0v) is 7.80. The van der Waals surface area contributed by atoms with Crippen molar-refractivity contribution in [3.63, 3.8) is 0 Å². The van der Waals surface area contributed by atoms with Gasteiger partial charge in [0.1, 0.15) is 0 Å². The van der Waals surface area contributed by atoms with E-state index in [2.05, 4.69) is 5.32 Å². The summed E-state index contributed by atoms with van der Waals surface area (Å²) in [5.74, 6) is 0.156. The van der Waals surface area contributed by atoms with Gasteiger partial charge < -0.3 is 5.32 Å². The van der Waals surface area contributed by atoms with Gasteiger partial charge in [-0.3, -0.25) is 4.79 Å². The maximum Gasteiger partial charge on any atom is 0.177 e. The number of rotatable bonds is 3. The summed E-state index contributed by atoms with van der Waals surface area (Å²) in [4.78, 5) is 11.0. The van der Waals surface area contributed by atoms with E-state index in [9.17, 15) is 4.79 Å². The number of hydrogen-bond acceptors (Lipinski definition) is 3. The quantitative estimate of drug-likeness (QED) is 0.735. The van der Waals surface area contributed by atoms with E-state index >= 15 is 0 Å². The summed E-state index contributed by atoms with van der Waals surface area (Å²) >= 11 is 1.55. The second-order valence-corrected chi connectivity index (χ2v) is 2.75. The number of Topliss-reactive ketones (excluding diaryl/α,β-unsaturated/α-hetero) is 1. The summed E-state index contributed by atoms with van der Waals surface area (Å²) in [5, 5.41) is 6.58. The molecule has 11 heavy (non-hydrogen) atoms. The second-order valence-electron chi connectivity index (χ2n) is 1.97. The molecule has 1 rings (SSSR count). The molecular formula is C7H10ClNOS. The third kappa shape index (κ3) is 3.01. The van der Waals surface area contributed by atoms with E-state index in [1.807, 2.05) is 16.8 Å². The van der Waals surface area contributed by atoms with Crippen molar-refractivity contribution >= 4 is 29.5 Å². The predicted octanol–water partition coefficient (Wildman–Crippen LogP) is 1.57. The van der Waals surface area contributed by atoms with Crippen LogP contribution in [-0.4, -0.2) is 19.4 Å². The van der Waals surface area contributed by atoms with Crippen LogP contribution in [0.1, 0.15) is 10.4 Å². The largest absolute Gasteiger partial charge is 0.313 e. The summed E-state index contributed by atoms with van der Waals surface area (Å²) in [7, 11) is 1.77. The van der Waals surface area contributed by atoms with Gasteiger partial charge >= 0.3 is 0 Å². The topological polar surface area (TPSA) is 29.1 Å². The van der Waals surface area contributed by atoms with E-state index in [0.29, 0.717) is 6.54 Å². The van der Waals surface area contributed by atoms with Crippen molar-refractivity contribution in [2.45, 2.75) is 0 Å². The molecule has 0 unspecified atom stereocenters. The molecule has 0 aromatic carbocycles. The van der Waals surface area contributed by atoms with Crippen molar-refractivity contribution in [1.82, 2.24) is 5.32 Å². The number of nitrogens with one attached hydrogen (secondary N) is 1. The molecule has 4 heteroatoms. The Hall–Kier alpha value is -0.380. The van der Waals surface area contributed by atoms with Gasteiger partial charge in [0.2, 0.25) is 0 Å². The first kappa shape index (κ1) is 10.6. The highest BCUT2D eigenvalue weighted by molar-refractivity contribution is 7.08. The monoisotopic (exact) mass is 191 g/mol. The van der Waals surface area contributed by atoms with E-state index < -0.39 is 0 Å². The highest BCUT2D eigenvalue weighted by Gasteiger charge is 2.02. The third-order valence-electron chi connectivity index (χ3n) is 1.18. The van der Waals surface area contributed by atoms with Gasteiger partial charge in [0, 0.05) is 10.9 Å². The van der Waals surface area contributed by atoms with Crippen molar-refractivity contribution in [1.29, 1.82) is 0 Å². The number of thiophene rings is 1. The molecule has 0 aliphatic heterocycles. The number of likely N-dealkylation sites (N-methyl/N-ethyl adjacent to an activating group) is 1. The van der Waals surface area contributed by atoms with Gasteiger partial charge in [-0.2, -0.15) is 11.3 Å². The summed E-state index contributed by atoms with van der Waals surface area (Å²) in [6, 6.07) is 1.84. The fourth-order valence-corrected chi connectivity index (χ4v) is 1.35. The Morgan fingerprint density at radius 2 is 2.45 bits per heavy atom. The Kier molecular flexibility index (Phi) is 5.11. The van der Waals surface area contributed by atoms with Crippen molar-refractivity contribution in [2.75, 3.05) is 13.6 Å². The van der Waals surface area contributed by atoms with Crippen molar-refractivity contribution in [3.05, 3.63) is 22.4 Å². The van der Waals surface area contributed by atoms with Gasteiger partial charge in [-0.15, -0.1) is 12.4 Å². The molecule has 1 heterocycles. The minimum atomic E-state index is 0. The van der Waals surface area contributed by atoms with E-state index in [1.165, 1.54) is 0 Å². The Labute approximate surface area is 76.0 Å². The zero-order chi connectivity index (χ0) is 7.40. The Bertz CT molecular complexity index is 210. The standard InChI is InChI=1S/C7H9NOS.ClH/c1-8-4-7(9)6-2-3-10-5-6;/h2-3,5,8H,4H2,1H3;1H. The molecule has 0 atom stereocenters. The van der Waals surface area contributed by atoms with E-state index in [4.69, 9.17) is 0 Å². The van der Waals surface area contributed by atoms with Crippen LogP contribution in [0.25, 0.3) is 0 Å². The normalized spacial score (nSPS) is 8.82. The van der Waals surface area contributed by atoms with E-state index in [0.717, 1.165) is 5.56 Å². The lowest BCUT2D eigenvalue weighted by molar-refractivity contribution is 0.0994. The predicted molar refractivity (Wildman–Crippen MR) is 49.8 cm³/mol. The highest BCUT2D eigenvalue weighted by atomic mass is 35.5. The molecule has 1 aromatic rings. The number of carbonyl (C=O) groups excluding carboxylic acids is 1. The molecule has 0 bridgehead atoms. The van der Waals surface area contributed by atoms with Crippen molar-refractivity contribution < 1.29 is 4.79 Å². The molecule has 2 nitrogen and oxygen atoms in total. The molecular weight excluding hydrogens is 182 g/mol. The average Bonchev–Trinajstić information content (AvgIpc) is 2.38. The van der Waals surface area contributed by atoms with Crippen LogP contribution in [0, 0.1) is 0 Å². The molecule has 0 aliphatic carbocycles. The number of hydrogen-bond donors (Lipinski definition) is 1. The van der Waals surface area contributed by atoms with Crippen LogP contribution in [0.4, 0.5) is 0 Å². The summed E-state index contributed by atoms with van der Waals surface area (Å²) < 4.78 is 0. The van der Waals surface area contributed by atoms with Crippen LogP contribution in [-0.2, 0) is 0 Å². The first-order valence-electron chi connectivity index (χ1n) is 3.04. The SMILES string of the molecule is CNCC(=O)c1ccsc1.Cl. The summed E-state index contributed by atoms with van der Waals surface area (Å²) in [6.07, 6.45) is 0. The van der Waals surface area contributed by atoms with E-state index in [-0.39, 0.29) is 18.2 Å². The van der Waals surface area contributed by atoms with E-state index in [1.54, 1.807) is 18.4 Å². The fourth-order valence-electron chi connectivity index (χ4n) is 0.686. The lowest BCUT2D eigenvalue weighted by Crippen LogP contribution is -2.17. The molecule has 0 saturated heterocycles. The smallest absolute Gasteiger partial charge is 0.177 e.